The van der Waals surface area contributed by atoms with Crippen molar-refractivity contribution in [1.82, 2.24) is 10.3 Å². The van der Waals surface area contributed by atoms with Gasteiger partial charge in [-0.25, -0.2) is 0 Å². The first kappa shape index (κ1) is 29.6. The van der Waals surface area contributed by atoms with E-state index in [1.54, 1.807) is 44.2 Å². The van der Waals surface area contributed by atoms with Gasteiger partial charge in [-0.1, -0.05) is 29.8 Å². The molecule has 2 atom stereocenters. The highest BCUT2D eigenvalue weighted by atomic mass is 35.5. The lowest BCUT2D eigenvalue weighted by Crippen LogP contribution is -2.43. The summed E-state index contributed by atoms with van der Waals surface area (Å²) in [6, 6.07) is 13.6. The number of para-hydroxylation sites is 1. The first-order valence-corrected chi connectivity index (χ1v) is 13.1. The van der Waals surface area contributed by atoms with Crippen molar-refractivity contribution < 1.29 is 28.7 Å². The maximum atomic E-state index is 13.6. The second kappa shape index (κ2) is 14.2. The van der Waals surface area contributed by atoms with Crippen molar-refractivity contribution >= 4 is 46.1 Å². The number of benzene rings is 2. The first-order valence-electron chi connectivity index (χ1n) is 12.7. The van der Waals surface area contributed by atoms with E-state index in [1.165, 1.54) is 18.2 Å². The van der Waals surface area contributed by atoms with E-state index >= 15 is 0 Å². The minimum atomic E-state index is -1.07. The van der Waals surface area contributed by atoms with Gasteiger partial charge < -0.3 is 19.8 Å². The molecule has 0 bridgehead atoms. The number of esters is 2. The summed E-state index contributed by atoms with van der Waals surface area (Å²) in [7, 11) is 0. The number of amides is 1. The summed E-state index contributed by atoms with van der Waals surface area (Å²) in [6.45, 7) is 3.63. The van der Waals surface area contributed by atoms with Crippen LogP contribution < -0.4 is 10.9 Å². The van der Waals surface area contributed by atoms with E-state index in [0.29, 0.717) is 16.1 Å². The van der Waals surface area contributed by atoms with Crippen LogP contribution in [0.3, 0.4) is 0 Å². The normalized spacial score (nSPS) is 12.4. The zero-order valence-corrected chi connectivity index (χ0v) is 22.6. The van der Waals surface area contributed by atoms with Crippen molar-refractivity contribution in [2.75, 3.05) is 13.2 Å². The lowest BCUT2D eigenvalue weighted by atomic mass is 9.91. The Bertz CT molecular complexity index is 1380. The van der Waals surface area contributed by atoms with Gasteiger partial charge in [-0.2, -0.15) is 0 Å². The highest BCUT2D eigenvalue weighted by Gasteiger charge is 2.30. The van der Waals surface area contributed by atoms with Crippen molar-refractivity contribution in [1.29, 1.82) is 0 Å². The number of ketones is 1. The van der Waals surface area contributed by atoms with Crippen LogP contribution in [-0.2, 0) is 30.3 Å². The van der Waals surface area contributed by atoms with Gasteiger partial charge in [-0.05, 0) is 56.2 Å². The van der Waals surface area contributed by atoms with E-state index in [9.17, 15) is 24.0 Å². The van der Waals surface area contributed by atoms with Crippen LogP contribution in [0.25, 0.3) is 10.9 Å². The summed E-state index contributed by atoms with van der Waals surface area (Å²) in [5, 5.41) is 3.93. The highest BCUT2D eigenvalue weighted by Crippen LogP contribution is 2.21. The molecule has 0 aliphatic carbocycles. The first-order chi connectivity index (χ1) is 18.7. The van der Waals surface area contributed by atoms with Crippen LogP contribution >= 0.6 is 11.6 Å². The Labute approximate surface area is 230 Å². The number of carbonyl (C=O) groups excluding carboxylic acids is 4. The Hall–Kier alpha value is -3.98. The molecular formula is C29H31ClN2O7. The fourth-order valence-corrected chi connectivity index (χ4v) is 4.35. The topological polar surface area (TPSA) is 132 Å². The predicted octanol–water partition coefficient (Wildman–Crippen LogP) is 4.00. The lowest BCUT2D eigenvalue weighted by Gasteiger charge is -2.21. The zero-order chi connectivity index (χ0) is 28.4. The van der Waals surface area contributed by atoms with Crippen LogP contribution in [0.15, 0.2) is 59.4 Å². The summed E-state index contributed by atoms with van der Waals surface area (Å²) < 4.78 is 10.1. The number of Topliss-reactive ketones (excluding diaryl/α,β-unsaturated/α-hetero) is 1. The van der Waals surface area contributed by atoms with Crippen molar-refractivity contribution in [2.45, 2.75) is 45.6 Å². The van der Waals surface area contributed by atoms with E-state index in [4.69, 9.17) is 21.1 Å². The van der Waals surface area contributed by atoms with E-state index in [1.807, 2.05) is 6.07 Å². The molecule has 0 fully saturated rings. The number of carbonyl (C=O) groups is 4. The molecule has 2 N–H and O–H groups in total. The van der Waals surface area contributed by atoms with Crippen molar-refractivity contribution in [3.8, 4) is 0 Å². The maximum absolute atomic E-state index is 13.6. The molecule has 0 spiro atoms. The number of aromatic nitrogens is 1. The van der Waals surface area contributed by atoms with Gasteiger partial charge in [0.15, 0.2) is 5.78 Å². The molecule has 0 aliphatic rings. The second-order valence-electron chi connectivity index (χ2n) is 8.90. The summed E-state index contributed by atoms with van der Waals surface area (Å²) in [4.78, 5) is 66.4. The molecule has 10 heteroatoms. The Kier molecular flexibility index (Phi) is 10.8. The molecule has 0 saturated carbocycles. The molecule has 0 aliphatic heterocycles. The van der Waals surface area contributed by atoms with E-state index in [2.05, 4.69) is 10.3 Å². The van der Waals surface area contributed by atoms with E-state index in [-0.39, 0.29) is 50.0 Å². The Morgan fingerprint density at radius 3 is 2.36 bits per heavy atom. The molecule has 3 rings (SSSR count). The van der Waals surface area contributed by atoms with Gasteiger partial charge in [0.05, 0.1) is 25.2 Å². The summed E-state index contributed by atoms with van der Waals surface area (Å²) in [5.41, 5.74) is 1.09. The molecule has 1 amide bonds. The molecule has 9 nitrogen and oxygen atoms in total. The average Bonchev–Trinajstić information content (AvgIpc) is 2.91. The van der Waals surface area contributed by atoms with Gasteiger partial charge in [0.25, 0.3) is 5.91 Å². The monoisotopic (exact) mass is 554 g/mol. The number of aromatic amines is 1. The number of halogens is 1. The zero-order valence-electron chi connectivity index (χ0n) is 21.8. The third kappa shape index (κ3) is 8.51. The maximum Gasteiger partial charge on any atom is 0.309 e. The molecule has 2 aromatic carbocycles. The van der Waals surface area contributed by atoms with Gasteiger partial charge in [-0.3, -0.25) is 24.0 Å². The van der Waals surface area contributed by atoms with Crippen molar-refractivity contribution in [3.05, 3.63) is 81.1 Å². The highest BCUT2D eigenvalue weighted by molar-refractivity contribution is 6.30. The lowest BCUT2D eigenvalue weighted by molar-refractivity contribution is -0.151. The van der Waals surface area contributed by atoms with Crippen LogP contribution in [0, 0.1) is 5.92 Å². The van der Waals surface area contributed by atoms with Crippen molar-refractivity contribution in [2.24, 2.45) is 5.92 Å². The number of nitrogens with one attached hydrogen (secondary N) is 2. The SMILES string of the molecule is CCOC(=O)CCC(CC(=O)C(Cc1cc(=O)[nH]c2ccccc12)NC(=O)c1ccc(Cl)cc1)C(=O)OCC. The van der Waals surface area contributed by atoms with Crippen LogP contribution in [0.5, 0.6) is 0 Å². The molecule has 1 aromatic heterocycles. The van der Waals surface area contributed by atoms with Crippen LogP contribution in [0.1, 0.15) is 49.0 Å². The smallest absolute Gasteiger partial charge is 0.309 e. The van der Waals surface area contributed by atoms with Gasteiger partial charge in [0.1, 0.15) is 0 Å². The second-order valence-corrected chi connectivity index (χ2v) is 9.34. The van der Waals surface area contributed by atoms with E-state index < -0.39 is 35.6 Å². The number of hydrogen-bond donors (Lipinski definition) is 2. The molecule has 2 unspecified atom stereocenters. The molecular weight excluding hydrogens is 524 g/mol. The Morgan fingerprint density at radius 1 is 0.974 bits per heavy atom. The number of ether oxygens (including phenoxy) is 2. The molecule has 3 aromatic rings. The molecule has 0 saturated heterocycles. The van der Waals surface area contributed by atoms with Gasteiger partial charge in [0.2, 0.25) is 5.56 Å². The molecule has 0 radical (unpaired) electrons. The summed E-state index contributed by atoms with van der Waals surface area (Å²) in [5.74, 6) is -2.96. The quantitative estimate of drug-likeness (QED) is 0.305. The fourth-order valence-electron chi connectivity index (χ4n) is 4.23. The molecule has 206 valence electrons. The Balaban J connectivity index is 1.91. The van der Waals surface area contributed by atoms with Crippen LogP contribution in [-0.4, -0.2) is 47.9 Å². The van der Waals surface area contributed by atoms with Crippen LogP contribution in [0.4, 0.5) is 0 Å². The third-order valence-electron chi connectivity index (χ3n) is 6.13. The summed E-state index contributed by atoms with van der Waals surface area (Å²) >= 11 is 5.94. The number of fused-ring (bicyclic) bond motifs is 1. The summed E-state index contributed by atoms with van der Waals surface area (Å²) in [6.07, 6.45) is -0.277. The van der Waals surface area contributed by atoms with Gasteiger partial charge >= 0.3 is 11.9 Å². The molecule has 39 heavy (non-hydrogen) atoms. The number of pyridine rings is 1. The van der Waals surface area contributed by atoms with Crippen molar-refractivity contribution in [3.63, 3.8) is 0 Å². The minimum absolute atomic E-state index is 0.00994. The third-order valence-corrected chi connectivity index (χ3v) is 6.38. The van der Waals surface area contributed by atoms with Crippen LogP contribution in [0.2, 0.25) is 5.02 Å². The van der Waals surface area contributed by atoms with E-state index in [0.717, 1.165) is 5.39 Å². The van der Waals surface area contributed by atoms with Gasteiger partial charge in [0, 0.05) is 46.8 Å². The fraction of sp³-hybridized carbons (Fsp3) is 0.345. The average molecular weight is 555 g/mol. The Morgan fingerprint density at radius 2 is 1.67 bits per heavy atom. The number of rotatable bonds is 13. The largest absolute Gasteiger partial charge is 0.466 e. The number of hydrogen-bond acceptors (Lipinski definition) is 7. The van der Waals surface area contributed by atoms with Gasteiger partial charge in [-0.15, -0.1) is 0 Å². The number of H-pyrrole nitrogens is 1. The molecule has 1 heterocycles. The predicted molar refractivity (Wildman–Crippen MR) is 147 cm³/mol. The minimum Gasteiger partial charge on any atom is -0.466 e. The standard InChI is InChI=1S/C29H31ClN2O7/c1-3-38-27(35)14-11-19(29(37)39-4-2)16-25(33)24(32-28(36)18-9-12-21(30)13-10-18)15-20-17-26(34)31-23-8-6-5-7-22(20)23/h5-10,12-13,17,19,24H,3-4,11,14-16H2,1-2H3,(H,31,34)(H,32,36).